The summed E-state index contributed by atoms with van der Waals surface area (Å²) in [6.07, 6.45) is -3.83. The molecule has 1 aliphatic rings. The van der Waals surface area contributed by atoms with E-state index in [1.54, 1.807) is 13.8 Å². The van der Waals surface area contributed by atoms with Gasteiger partial charge >= 0.3 is 12.1 Å². The minimum absolute atomic E-state index is 0.0951. The maximum absolute atomic E-state index is 12.7. The van der Waals surface area contributed by atoms with Gasteiger partial charge in [0, 0.05) is 19.0 Å². The van der Waals surface area contributed by atoms with Crippen molar-refractivity contribution in [2.24, 2.45) is 11.3 Å². The average molecular weight is 359 g/mol. The van der Waals surface area contributed by atoms with E-state index < -0.39 is 23.1 Å². The Morgan fingerprint density at radius 2 is 1.92 bits per heavy atom. The molecule has 5 nitrogen and oxygen atoms in total. The van der Waals surface area contributed by atoms with E-state index in [0.717, 1.165) is 17.7 Å². The highest BCUT2D eigenvalue weighted by atomic mass is 19.4. The maximum atomic E-state index is 12.7. The van der Waals surface area contributed by atoms with Gasteiger partial charge in [-0.1, -0.05) is 12.1 Å². The molecule has 2 atom stereocenters. The Labute approximate surface area is 145 Å². The van der Waals surface area contributed by atoms with Crippen molar-refractivity contribution in [3.8, 4) is 0 Å². The van der Waals surface area contributed by atoms with Crippen LogP contribution in [0.25, 0.3) is 0 Å². The molecule has 1 aliphatic heterocycles. The third-order valence-corrected chi connectivity index (χ3v) is 4.60. The second-order valence-corrected chi connectivity index (χ2v) is 7.03. The van der Waals surface area contributed by atoms with E-state index in [1.807, 2.05) is 0 Å². The summed E-state index contributed by atoms with van der Waals surface area (Å²) in [5.74, 6) is -0.675. The first kappa shape index (κ1) is 19.7. The topological polar surface area (TPSA) is 73.4 Å². The SMILES string of the molecule is CC(C)(CCNCC1CNNC1c1ccc(C(F)(F)F)cc1)C(=O)O. The van der Waals surface area contributed by atoms with Gasteiger partial charge in [0.05, 0.1) is 17.0 Å². The Morgan fingerprint density at radius 1 is 1.28 bits per heavy atom. The molecular weight excluding hydrogens is 335 g/mol. The van der Waals surface area contributed by atoms with Crippen LogP contribution in [0.1, 0.15) is 37.4 Å². The van der Waals surface area contributed by atoms with Crippen LogP contribution >= 0.6 is 0 Å². The van der Waals surface area contributed by atoms with Crippen molar-refractivity contribution < 1.29 is 23.1 Å². The van der Waals surface area contributed by atoms with Crippen molar-refractivity contribution in [3.63, 3.8) is 0 Å². The third kappa shape index (κ3) is 5.17. The lowest BCUT2D eigenvalue weighted by atomic mass is 9.89. The van der Waals surface area contributed by atoms with Gasteiger partial charge < -0.3 is 10.4 Å². The van der Waals surface area contributed by atoms with E-state index in [-0.39, 0.29) is 12.0 Å². The van der Waals surface area contributed by atoms with Gasteiger partial charge in [-0.3, -0.25) is 10.2 Å². The maximum Gasteiger partial charge on any atom is 0.416 e. The van der Waals surface area contributed by atoms with Gasteiger partial charge in [-0.2, -0.15) is 13.2 Å². The first-order valence-electron chi connectivity index (χ1n) is 8.21. The van der Waals surface area contributed by atoms with Gasteiger partial charge in [0.25, 0.3) is 0 Å². The molecule has 1 fully saturated rings. The fraction of sp³-hybridized carbons (Fsp3) is 0.588. The number of hydrogen-bond acceptors (Lipinski definition) is 4. The fourth-order valence-corrected chi connectivity index (χ4v) is 2.76. The van der Waals surface area contributed by atoms with Crippen LogP contribution in [0, 0.1) is 11.3 Å². The number of hydrogen-bond donors (Lipinski definition) is 4. The molecule has 1 aromatic rings. The van der Waals surface area contributed by atoms with Crippen LogP contribution in [0.3, 0.4) is 0 Å². The lowest BCUT2D eigenvalue weighted by molar-refractivity contribution is -0.147. The molecule has 0 bridgehead atoms. The molecule has 0 aliphatic carbocycles. The first-order chi connectivity index (χ1) is 11.6. The molecule has 2 unspecified atom stereocenters. The fourth-order valence-electron chi connectivity index (χ4n) is 2.76. The molecule has 8 heteroatoms. The highest BCUT2D eigenvalue weighted by Crippen LogP contribution is 2.31. The molecule has 140 valence electrons. The van der Waals surface area contributed by atoms with E-state index in [9.17, 15) is 18.0 Å². The lowest BCUT2D eigenvalue weighted by Gasteiger charge is -2.22. The van der Waals surface area contributed by atoms with Crippen molar-refractivity contribution in [1.29, 1.82) is 0 Å². The molecule has 4 N–H and O–H groups in total. The van der Waals surface area contributed by atoms with Crippen LogP contribution in [0.15, 0.2) is 24.3 Å². The number of hydrazine groups is 1. The average Bonchev–Trinajstić information content (AvgIpc) is 2.99. The Kier molecular flexibility index (Phi) is 6.08. The molecule has 1 aromatic carbocycles. The second-order valence-electron chi connectivity index (χ2n) is 7.03. The third-order valence-electron chi connectivity index (χ3n) is 4.60. The van der Waals surface area contributed by atoms with Crippen molar-refractivity contribution in [3.05, 3.63) is 35.4 Å². The Bertz CT molecular complexity index is 588. The van der Waals surface area contributed by atoms with Crippen LogP contribution in [-0.2, 0) is 11.0 Å². The number of rotatable bonds is 7. The van der Waals surface area contributed by atoms with Gasteiger partial charge in [-0.15, -0.1) is 0 Å². The number of alkyl halides is 3. The molecule has 0 radical (unpaired) electrons. The zero-order valence-corrected chi connectivity index (χ0v) is 14.3. The van der Waals surface area contributed by atoms with Gasteiger partial charge in [-0.25, -0.2) is 5.43 Å². The van der Waals surface area contributed by atoms with Crippen LogP contribution < -0.4 is 16.2 Å². The van der Waals surface area contributed by atoms with E-state index in [2.05, 4.69) is 16.2 Å². The van der Waals surface area contributed by atoms with Crippen molar-refractivity contribution in [2.75, 3.05) is 19.6 Å². The van der Waals surface area contributed by atoms with Crippen LogP contribution in [-0.4, -0.2) is 30.7 Å². The van der Waals surface area contributed by atoms with E-state index in [1.165, 1.54) is 12.1 Å². The van der Waals surface area contributed by atoms with Gasteiger partial charge in [0.2, 0.25) is 0 Å². The quantitative estimate of drug-likeness (QED) is 0.563. The van der Waals surface area contributed by atoms with Gasteiger partial charge in [0.15, 0.2) is 0 Å². The summed E-state index contributed by atoms with van der Waals surface area (Å²) in [6.45, 7) is 5.25. The molecule has 1 saturated heterocycles. The van der Waals surface area contributed by atoms with Gasteiger partial charge in [0.1, 0.15) is 0 Å². The standard InChI is InChI=1S/C17H24F3N3O2/c1-16(2,15(24)25)7-8-21-9-12-10-22-23-14(12)11-3-5-13(6-4-11)17(18,19)20/h3-6,12,14,21-23H,7-10H2,1-2H3,(H,24,25). The zero-order chi connectivity index (χ0) is 18.7. The summed E-state index contributed by atoms with van der Waals surface area (Å²) >= 11 is 0. The summed E-state index contributed by atoms with van der Waals surface area (Å²) in [4.78, 5) is 11.1. The number of carboxylic acids is 1. The number of aliphatic carboxylic acids is 1. The van der Waals surface area contributed by atoms with E-state index >= 15 is 0 Å². The lowest BCUT2D eigenvalue weighted by Crippen LogP contribution is -2.33. The van der Waals surface area contributed by atoms with Crippen LogP contribution in [0.2, 0.25) is 0 Å². The highest BCUT2D eigenvalue weighted by molar-refractivity contribution is 5.73. The molecular formula is C17H24F3N3O2. The van der Waals surface area contributed by atoms with Crippen molar-refractivity contribution >= 4 is 5.97 Å². The smallest absolute Gasteiger partial charge is 0.416 e. The molecule has 2 rings (SSSR count). The molecule has 0 saturated carbocycles. The Balaban J connectivity index is 1.89. The number of benzene rings is 1. The summed E-state index contributed by atoms with van der Waals surface area (Å²) in [7, 11) is 0. The monoisotopic (exact) mass is 359 g/mol. The predicted octanol–water partition coefficient (Wildman–Crippen LogP) is 2.56. The summed E-state index contributed by atoms with van der Waals surface area (Å²) in [5.41, 5.74) is 5.47. The van der Waals surface area contributed by atoms with Crippen molar-refractivity contribution in [2.45, 2.75) is 32.5 Å². The minimum Gasteiger partial charge on any atom is -0.481 e. The number of carboxylic acid groups (broad SMARTS) is 1. The molecule has 1 heterocycles. The van der Waals surface area contributed by atoms with Crippen molar-refractivity contribution in [1.82, 2.24) is 16.2 Å². The predicted molar refractivity (Wildman–Crippen MR) is 87.7 cm³/mol. The Morgan fingerprint density at radius 3 is 2.48 bits per heavy atom. The molecule has 25 heavy (non-hydrogen) atoms. The second kappa shape index (κ2) is 7.72. The first-order valence-corrected chi connectivity index (χ1v) is 8.21. The van der Waals surface area contributed by atoms with E-state index in [0.29, 0.717) is 26.1 Å². The summed E-state index contributed by atoms with van der Waals surface area (Å²) in [5, 5.41) is 12.3. The number of halogens is 3. The van der Waals surface area contributed by atoms with Gasteiger partial charge in [-0.05, 0) is 44.5 Å². The largest absolute Gasteiger partial charge is 0.481 e. The zero-order valence-electron chi connectivity index (χ0n) is 14.3. The van der Waals surface area contributed by atoms with E-state index in [4.69, 9.17) is 5.11 Å². The highest BCUT2D eigenvalue weighted by Gasteiger charge is 2.32. The molecule has 0 amide bonds. The normalized spacial score (nSPS) is 21.5. The number of nitrogens with one attached hydrogen (secondary N) is 3. The number of carbonyl (C=O) groups is 1. The molecule has 0 aromatic heterocycles. The summed E-state index contributed by atoms with van der Waals surface area (Å²) < 4.78 is 38.0. The Hall–Kier alpha value is -1.64. The van der Waals surface area contributed by atoms with Crippen LogP contribution in [0.4, 0.5) is 13.2 Å². The minimum atomic E-state index is -4.34. The summed E-state index contributed by atoms with van der Waals surface area (Å²) in [6, 6.07) is 5.08. The van der Waals surface area contributed by atoms with Crippen LogP contribution in [0.5, 0.6) is 0 Å². The molecule has 0 spiro atoms.